The van der Waals surface area contributed by atoms with E-state index in [2.05, 4.69) is 30.2 Å². The van der Waals surface area contributed by atoms with Crippen molar-refractivity contribution >= 4 is 5.82 Å². The Morgan fingerprint density at radius 1 is 1.14 bits per heavy atom. The molecule has 3 nitrogen and oxygen atoms in total. The van der Waals surface area contributed by atoms with Gasteiger partial charge in [-0.05, 0) is 12.1 Å². The maximum absolute atomic E-state index is 13.8. The second-order valence-corrected chi connectivity index (χ2v) is 5.47. The average Bonchev–Trinajstić information content (AvgIpc) is 2.47. The van der Waals surface area contributed by atoms with Crippen LogP contribution < -0.4 is 10.2 Å². The second kappa shape index (κ2) is 7.18. The first-order chi connectivity index (χ1) is 10.1. The third kappa shape index (κ3) is 4.26. The van der Waals surface area contributed by atoms with Crippen LogP contribution in [0.2, 0.25) is 0 Å². The molecule has 1 heterocycles. The minimum atomic E-state index is -0.179. The fourth-order valence-electron chi connectivity index (χ4n) is 2.18. The number of rotatable bonds is 6. The molecular weight excluding hydrogens is 265 g/mol. The quantitative estimate of drug-likeness (QED) is 0.883. The van der Waals surface area contributed by atoms with E-state index in [4.69, 9.17) is 0 Å². The predicted molar refractivity (Wildman–Crippen MR) is 84.7 cm³/mol. The van der Waals surface area contributed by atoms with Crippen LogP contribution in [0.15, 0.2) is 42.6 Å². The Hall–Kier alpha value is -1.94. The summed E-state index contributed by atoms with van der Waals surface area (Å²) in [5.41, 5.74) is 1.79. The molecule has 0 saturated carbocycles. The lowest BCUT2D eigenvalue weighted by molar-refractivity contribution is 0.586. The molecule has 1 aromatic carbocycles. The summed E-state index contributed by atoms with van der Waals surface area (Å²) >= 11 is 0. The van der Waals surface area contributed by atoms with E-state index < -0.39 is 0 Å². The van der Waals surface area contributed by atoms with Crippen LogP contribution in [0.3, 0.4) is 0 Å². The highest BCUT2D eigenvalue weighted by Gasteiger charge is 2.11. The monoisotopic (exact) mass is 287 g/mol. The van der Waals surface area contributed by atoms with Crippen molar-refractivity contribution in [2.75, 3.05) is 11.9 Å². The lowest BCUT2D eigenvalue weighted by atomic mass is 10.2. The Labute approximate surface area is 125 Å². The molecule has 0 fully saturated rings. The summed E-state index contributed by atoms with van der Waals surface area (Å²) in [6, 6.07) is 11.2. The molecule has 1 N–H and O–H groups in total. The Balaban J connectivity index is 2.15. The predicted octanol–water partition coefficient (Wildman–Crippen LogP) is 3.36. The van der Waals surface area contributed by atoms with Crippen molar-refractivity contribution in [3.8, 4) is 0 Å². The smallest absolute Gasteiger partial charge is 0.133 e. The van der Waals surface area contributed by atoms with Gasteiger partial charge in [0.15, 0.2) is 0 Å². The highest BCUT2D eigenvalue weighted by atomic mass is 19.1. The van der Waals surface area contributed by atoms with Crippen LogP contribution in [0.5, 0.6) is 0 Å². The molecule has 0 atom stereocenters. The summed E-state index contributed by atoms with van der Waals surface area (Å²) in [5, 5.41) is 3.39. The summed E-state index contributed by atoms with van der Waals surface area (Å²) in [5.74, 6) is 0.705. The number of nitrogens with zero attached hydrogens (tertiary/aromatic N) is 2. The van der Waals surface area contributed by atoms with E-state index in [1.54, 1.807) is 18.3 Å². The molecule has 2 aromatic rings. The van der Waals surface area contributed by atoms with Crippen LogP contribution in [0.4, 0.5) is 10.2 Å². The van der Waals surface area contributed by atoms with Gasteiger partial charge >= 0.3 is 0 Å². The standard InChI is InChI=1S/C17H22FN3/c1-13(2)20-11-14-8-6-10-19-17(14)21(3)12-15-7-4-5-9-16(15)18/h4-10,13,20H,11-12H2,1-3H3. The largest absolute Gasteiger partial charge is 0.355 e. The molecule has 0 amide bonds. The van der Waals surface area contributed by atoms with Gasteiger partial charge in [0.2, 0.25) is 0 Å². The highest BCUT2D eigenvalue weighted by molar-refractivity contribution is 5.46. The van der Waals surface area contributed by atoms with Gasteiger partial charge < -0.3 is 10.2 Å². The Kier molecular flexibility index (Phi) is 5.28. The lowest BCUT2D eigenvalue weighted by Crippen LogP contribution is -2.25. The maximum atomic E-state index is 13.8. The number of hydrogen-bond donors (Lipinski definition) is 1. The van der Waals surface area contributed by atoms with E-state index in [0.29, 0.717) is 18.2 Å². The zero-order valence-corrected chi connectivity index (χ0v) is 12.8. The minimum Gasteiger partial charge on any atom is -0.355 e. The Bertz CT molecular complexity index is 584. The SMILES string of the molecule is CC(C)NCc1cccnc1N(C)Cc1ccccc1F. The van der Waals surface area contributed by atoms with Gasteiger partial charge in [-0.3, -0.25) is 0 Å². The van der Waals surface area contributed by atoms with Gasteiger partial charge in [-0.2, -0.15) is 0 Å². The average molecular weight is 287 g/mol. The molecule has 112 valence electrons. The van der Waals surface area contributed by atoms with Crippen molar-refractivity contribution < 1.29 is 4.39 Å². The van der Waals surface area contributed by atoms with Crippen LogP contribution in [-0.4, -0.2) is 18.1 Å². The van der Waals surface area contributed by atoms with Crippen LogP contribution >= 0.6 is 0 Å². The zero-order chi connectivity index (χ0) is 15.2. The van der Waals surface area contributed by atoms with Gasteiger partial charge in [-0.15, -0.1) is 0 Å². The number of aromatic nitrogens is 1. The normalized spacial score (nSPS) is 10.9. The van der Waals surface area contributed by atoms with Crippen LogP contribution in [0.25, 0.3) is 0 Å². The molecule has 0 radical (unpaired) electrons. The minimum absolute atomic E-state index is 0.179. The van der Waals surface area contributed by atoms with E-state index in [0.717, 1.165) is 17.9 Å². The molecule has 0 aliphatic carbocycles. The summed E-state index contributed by atoms with van der Waals surface area (Å²) in [6.07, 6.45) is 1.77. The fourth-order valence-corrected chi connectivity index (χ4v) is 2.18. The van der Waals surface area contributed by atoms with E-state index in [1.165, 1.54) is 6.07 Å². The number of nitrogens with one attached hydrogen (secondary N) is 1. The van der Waals surface area contributed by atoms with Crippen LogP contribution in [0, 0.1) is 5.82 Å². The summed E-state index contributed by atoms with van der Waals surface area (Å²) in [4.78, 5) is 6.43. The number of hydrogen-bond acceptors (Lipinski definition) is 3. The molecule has 0 aliphatic heterocycles. The van der Waals surface area contributed by atoms with Crippen molar-refractivity contribution in [3.63, 3.8) is 0 Å². The highest BCUT2D eigenvalue weighted by Crippen LogP contribution is 2.19. The van der Waals surface area contributed by atoms with Crippen molar-refractivity contribution in [3.05, 3.63) is 59.5 Å². The van der Waals surface area contributed by atoms with Gasteiger partial charge in [0.1, 0.15) is 11.6 Å². The van der Waals surface area contributed by atoms with Crippen molar-refractivity contribution in [2.24, 2.45) is 0 Å². The molecule has 21 heavy (non-hydrogen) atoms. The first kappa shape index (κ1) is 15.4. The summed E-state index contributed by atoms with van der Waals surface area (Å²) < 4.78 is 13.8. The van der Waals surface area contributed by atoms with E-state index >= 15 is 0 Å². The van der Waals surface area contributed by atoms with E-state index in [9.17, 15) is 4.39 Å². The van der Waals surface area contributed by atoms with Gasteiger partial charge in [0.05, 0.1) is 0 Å². The van der Waals surface area contributed by atoms with Crippen LogP contribution in [0.1, 0.15) is 25.0 Å². The second-order valence-electron chi connectivity index (χ2n) is 5.47. The number of halogens is 1. The van der Waals surface area contributed by atoms with Crippen LogP contribution in [-0.2, 0) is 13.1 Å². The summed E-state index contributed by atoms with van der Waals surface area (Å²) in [7, 11) is 1.94. The first-order valence-corrected chi connectivity index (χ1v) is 7.19. The van der Waals surface area contributed by atoms with Gasteiger partial charge in [-0.1, -0.05) is 38.1 Å². The molecule has 0 saturated heterocycles. The van der Waals surface area contributed by atoms with Gasteiger partial charge in [-0.25, -0.2) is 9.37 Å². The number of pyridine rings is 1. The molecule has 0 spiro atoms. The maximum Gasteiger partial charge on any atom is 0.133 e. The Morgan fingerprint density at radius 3 is 2.57 bits per heavy atom. The fraction of sp³-hybridized carbons (Fsp3) is 0.353. The number of benzene rings is 1. The number of anilines is 1. The third-order valence-electron chi connectivity index (χ3n) is 3.30. The molecule has 2 rings (SSSR count). The van der Waals surface area contributed by atoms with Gasteiger partial charge in [0.25, 0.3) is 0 Å². The molecule has 0 aliphatic rings. The lowest BCUT2D eigenvalue weighted by Gasteiger charge is -2.22. The Morgan fingerprint density at radius 2 is 1.86 bits per heavy atom. The van der Waals surface area contributed by atoms with E-state index in [1.807, 2.05) is 24.1 Å². The van der Waals surface area contributed by atoms with E-state index in [-0.39, 0.29) is 5.82 Å². The zero-order valence-electron chi connectivity index (χ0n) is 12.8. The molecule has 1 aromatic heterocycles. The van der Waals surface area contributed by atoms with Crippen molar-refractivity contribution in [1.82, 2.24) is 10.3 Å². The summed E-state index contributed by atoms with van der Waals surface area (Å²) in [6.45, 7) is 5.47. The van der Waals surface area contributed by atoms with Gasteiger partial charge in [0, 0.05) is 43.5 Å². The first-order valence-electron chi connectivity index (χ1n) is 7.19. The van der Waals surface area contributed by atoms with Crippen molar-refractivity contribution in [2.45, 2.75) is 33.0 Å². The van der Waals surface area contributed by atoms with Crippen molar-refractivity contribution in [1.29, 1.82) is 0 Å². The molecular formula is C17H22FN3. The molecule has 4 heteroatoms. The third-order valence-corrected chi connectivity index (χ3v) is 3.30. The molecule has 0 bridgehead atoms. The topological polar surface area (TPSA) is 28.2 Å². The molecule has 0 unspecified atom stereocenters.